The Hall–Kier alpha value is -2.31. The minimum atomic E-state index is -0.374. The van der Waals surface area contributed by atoms with Gasteiger partial charge < -0.3 is 0 Å². The van der Waals surface area contributed by atoms with Gasteiger partial charge in [0.15, 0.2) is 5.16 Å². The van der Waals surface area contributed by atoms with E-state index in [-0.39, 0.29) is 10.6 Å². The zero-order chi connectivity index (χ0) is 18.8. The summed E-state index contributed by atoms with van der Waals surface area (Å²) in [5, 5.41) is 13.3. The number of imidazole rings is 1. The lowest BCUT2D eigenvalue weighted by molar-refractivity contribution is -0.384. The molecule has 7 heteroatoms. The van der Waals surface area contributed by atoms with Gasteiger partial charge in [-0.25, -0.2) is 4.98 Å². The zero-order valence-corrected chi connectivity index (χ0v) is 16.1. The van der Waals surface area contributed by atoms with Gasteiger partial charge >= 0.3 is 0 Å². The van der Waals surface area contributed by atoms with Gasteiger partial charge in [-0.15, -0.1) is 0 Å². The van der Waals surface area contributed by atoms with E-state index in [2.05, 4.69) is 9.55 Å². The molecule has 1 saturated carbocycles. The number of nitrogens with zero attached hydrogens (tertiary/aromatic N) is 3. The second-order valence-corrected chi connectivity index (χ2v) is 8.27. The quantitative estimate of drug-likeness (QED) is 0.382. The molecule has 0 bridgehead atoms. The molecule has 1 aliphatic carbocycles. The number of non-ortho nitro benzene ring substituents is 1. The van der Waals surface area contributed by atoms with E-state index in [1.807, 2.05) is 30.3 Å². The fraction of sp³-hybridized carbons (Fsp3) is 0.250. The molecule has 2 aromatic carbocycles. The van der Waals surface area contributed by atoms with E-state index >= 15 is 0 Å². The van der Waals surface area contributed by atoms with Gasteiger partial charge in [0.25, 0.3) is 5.69 Å². The van der Waals surface area contributed by atoms with Crippen molar-refractivity contribution in [3.63, 3.8) is 0 Å². The molecule has 0 atom stereocenters. The summed E-state index contributed by atoms with van der Waals surface area (Å²) in [6.45, 7) is 0. The molecule has 1 aliphatic rings. The molecule has 0 amide bonds. The van der Waals surface area contributed by atoms with Gasteiger partial charge in [0.05, 0.1) is 16.8 Å². The molecular weight excluding hydrogens is 382 g/mol. The van der Waals surface area contributed by atoms with Crippen molar-refractivity contribution in [1.82, 2.24) is 9.55 Å². The molecule has 138 valence electrons. The van der Waals surface area contributed by atoms with E-state index in [0.29, 0.717) is 10.3 Å². The Balaban J connectivity index is 1.81. The zero-order valence-electron chi connectivity index (χ0n) is 14.5. The van der Waals surface area contributed by atoms with Crippen molar-refractivity contribution in [3.8, 4) is 16.9 Å². The molecule has 1 aromatic heterocycles. The predicted molar refractivity (Wildman–Crippen MR) is 109 cm³/mol. The van der Waals surface area contributed by atoms with Gasteiger partial charge in [0.2, 0.25) is 0 Å². The van der Waals surface area contributed by atoms with Crippen LogP contribution in [0.4, 0.5) is 5.69 Å². The molecule has 3 aromatic rings. The highest BCUT2D eigenvalue weighted by atomic mass is 35.5. The Labute approximate surface area is 166 Å². The highest BCUT2D eigenvalue weighted by Gasteiger charge is 2.22. The van der Waals surface area contributed by atoms with Crippen LogP contribution < -0.4 is 0 Å². The number of rotatable bonds is 5. The number of nitro benzene ring substituents is 1. The Morgan fingerprint density at radius 2 is 1.89 bits per heavy atom. The van der Waals surface area contributed by atoms with Crippen molar-refractivity contribution in [2.75, 3.05) is 0 Å². The molecule has 5 nitrogen and oxygen atoms in total. The molecule has 0 spiro atoms. The van der Waals surface area contributed by atoms with Crippen LogP contribution in [-0.2, 0) is 0 Å². The van der Waals surface area contributed by atoms with Gasteiger partial charge in [-0.3, -0.25) is 14.7 Å². The second kappa shape index (κ2) is 7.74. The maximum absolute atomic E-state index is 11.2. The number of hydrogen-bond acceptors (Lipinski definition) is 4. The molecule has 0 unspecified atom stereocenters. The fourth-order valence-electron chi connectivity index (χ4n) is 3.40. The summed E-state index contributed by atoms with van der Waals surface area (Å²) >= 11 is 7.85. The van der Waals surface area contributed by atoms with Crippen LogP contribution in [0.1, 0.15) is 25.7 Å². The normalized spacial score (nSPS) is 14.6. The van der Waals surface area contributed by atoms with E-state index in [4.69, 9.17) is 11.6 Å². The van der Waals surface area contributed by atoms with Crippen molar-refractivity contribution in [2.24, 2.45) is 0 Å². The Morgan fingerprint density at radius 1 is 1.15 bits per heavy atom. The third-order valence-electron chi connectivity index (χ3n) is 4.74. The van der Waals surface area contributed by atoms with Crippen LogP contribution >= 0.6 is 23.4 Å². The molecular formula is C20H18ClN3O2S. The maximum atomic E-state index is 11.2. The molecule has 27 heavy (non-hydrogen) atoms. The molecule has 1 heterocycles. The van der Waals surface area contributed by atoms with Crippen molar-refractivity contribution >= 4 is 29.1 Å². The number of aromatic nitrogens is 2. The van der Waals surface area contributed by atoms with Gasteiger partial charge in [-0.05, 0) is 37.1 Å². The first-order valence-corrected chi connectivity index (χ1v) is 10.1. The lowest BCUT2D eigenvalue weighted by atomic mass is 10.1. The van der Waals surface area contributed by atoms with Crippen LogP contribution in [-0.4, -0.2) is 19.7 Å². The van der Waals surface area contributed by atoms with Crippen molar-refractivity contribution < 1.29 is 4.92 Å². The van der Waals surface area contributed by atoms with E-state index in [9.17, 15) is 10.1 Å². The smallest absolute Gasteiger partial charge is 0.270 e. The highest BCUT2D eigenvalue weighted by Crippen LogP contribution is 2.38. The number of halogens is 1. The first-order valence-electron chi connectivity index (χ1n) is 8.87. The first kappa shape index (κ1) is 18.1. The standard InChI is InChI=1S/C20H18ClN3O2S/c21-15-8-10-16(11-9-15)23-19(14-4-3-5-17(12-14)24(25)26)13-22-20(23)27-18-6-1-2-7-18/h3-5,8-13,18H,1-2,6-7H2. The molecule has 0 N–H and O–H groups in total. The van der Waals surface area contributed by atoms with Crippen LogP contribution in [0.2, 0.25) is 5.02 Å². The van der Waals surface area contributed by atoms with Crippen LogP contribution in [0.15, 0.2) is 59.9 Å². The molecule has 4 rings (SSSR count). The Kier molecular flexibility index (Phi) is 5.18. The average molecular weight is 400 g/mol. The summed E-state index contributed by atoms with van der Waals surface area (Å²) < 4.78 is 2.07. The molecule has 0 aliphatic heterocycles. The van der Waals surface area contributed by atoms with Gasteiger partial charge in [0.1, 0.15) is 0 Å². The number of nitro groups is 1. The Morgan fingerprint density at radius 3 is 2.59 bits per heavy atom. The summed E-state index contributed by atoms with van der Waals surface area (Å²) in [6.07, 6.45) is 6.72. The van der Waals surface area contributed by atoms with Gasteiger partial charge in [-0.1, -0.05) is 48.3 Å². The van der Waals surface area contributed by atoms with E-state index in [1.165, 1.54) is 31.7 Å². The molecule has 0 saturated heterocycles. The minimum Gasteiger partial charge on any atom is -0.287 e. The lowest BCUT2D eigenvalue weighted by Crippen LogP contribution is -2.02. The largest absolute Gasteiger partial charge is 0.287 e. The summed E-state index contributed by atoms with van der Waals surface area (Å²) in [5.41, 5.74) is 2.62. The van der Waals surface area contributed by atoms with E-state index in [1.54, 1.807) is 30.1 Å². The summed E-state index contributed by atoms with van der Waals surface area (Å²) in [7, 11) is 0. The van der Waals surface area contributed by atoms with Crippen LogP contribution in [0.5, 0.6) is 0 Å². The third-order valence-corrected chi connectivity index (χ3v) is 6.30. The number of benzene rings is 2. The van der Waals surface area contributed by atoms with Gasteiger partial charge in [0, 0.05) is 33.7 Å². The predicted octanol–water partition coefficient (Wildman–Crippen LogP) is 6.14. The lowest BCUT2D eigenvalue weighted by Gasteiger charge is -2.14. The second-order valence-electron chi connectivity index (χ2n) is 6.57. The average Bonchev–Trinajstić information content (AvgIpc) is 3.33. The molecule has 1 fully saturated rings. The van der Waals surface area contributed by atoms with Crippen LogP contribution in [0, 0.1) is 10.1 Å². The van der Waals surface area contributed by atoms with Crippen molar-refractivity contribution in [1.29, 1.82) is 0 Å². The first-order chi connectivity index (χ1) is 13.1. The highest BCUT2D eigenvalue weighted by molar-refractivity contribution is 7.99. The maximum Gasteiger partial charge on any atom is 0.270 e. The monoisotopic (exact) mass is 399 g/mol. The summed E-state index contributed by atoms with van der Waals surface area (Å²) in [4.78, 5) is 15.5. The summed E-state index contributed by atoms with van der Waals surface area (Å²) in [5.74, 6) is 0. The fourth-order valence-corrected chi connectivity index (χ4v) is 4.81. The van der Waals surface area contributed by atoms with Crippen LogP contribution in [0.25, 0.3) is 16.9 Å². The van der Waals surface area contributed by atoms with Crippen molar-refractivity contribution in [3.05, 3.63) is 69.9 Å². The van der Waals surface area contributed by atoms with Crippen molar-refractivity contribution in [2.45, 2.75) is 36.1 Å². The minimum absolute atomic E-state index is 0.0707. The van der Waals surface area contributed by atoms with E-state index in [0.717, 1.165) is 22.1 Å². The Bertz CT molecular complexity index is 966. The summed E-state index contributed by atoms with van der Waals surface area (Å²) in [6, 6.07) is 14.3. The molecule has 0 radical (unpaired) electrons. The topological polar surface area (TPSA) is 61.0 Å². The third kappa shape index (κ3) is 3.87. The van der Waals surface area contributed by atoms with Gasteiger partial charge in [-0.2, -0.15) is 0 Å². The van der Waals surface area contributed by atoms with Crippen LogP contribution in [0.3, 0.4) is 0 Å². The van der Waals surface area contributed by atoms with E-state index < -0.39 is 0 Å². The number of hydrogen-bond donors (Lipinski definition) is 0. The number of thioether (sulfide) groups is 1. The SMILES string of the molecule is O=[N+]([O-])c1cccc(-c2cnc(SC3CCCC3)n2-c2ccc(Cl)cc2)c1.